The number of halogens is 1. The molecule has 5 nitrogen and oxygen atoms in total. The summed E-state index contributed by atoms with van der Waals surface area (Å²) in [7, 11) is 0. The zero-order valence-electron chi connectivity index (χ0n) is 12.0. The Labute approximate surface area is 132 Å². The number of amides is 1. The number of aryl methyl sites for hydroxylation is 2. The van der Waals surface area contributed by atoms with Gasteiger partial charge in [0.15, 0.2) is 0 Å². The summed E-state index contributed by atoms with van der Waals surface area (Å²) >= 11 is 5.87. The monoisotopic (exact) mass is 317 g/mol. The van der Waals surface area contributed by atoms with Gasteiger partial charge >= 0.3 is 0 Å². The fraction of sp³-hybridized carbons (Fsp3) is 0.312. The highest BCUT2D eigenvalue weighted by molar-refractivity contribution is 6.30. The van der Waals surface area contributed by atoms with Crippen LogP contribution in [0.5, 0.6) is 0 Å². The van der Waals surface area contributed by atoms with Gasteiger partial charge in [0.05, 0.1) is 5.69 Å². The lowest BCUT2D eigenvalue weighted by molar-refractivity contribution is -0.117. The minimum atomic E-state index is -0.298. The van der Waals surface area contributed by atoms with E-state index in [0.717, 1.165) is 36.9 Å². The molecule has 3 rings (SSSR count). The molecule has 0 saturated heterocycles. The second-order valence-corrected chi connectivity index (χ2v) is 5.81. The van der Waals surface area contributed by atoms with Gasteiger partial charge in [-0.05, 0) is 49.4 Å². The highest BCUT2D eigenvalue weighted by atomic mass is 35.5. The zero-order chi connectivity index (χ0) is 15.5. The topological polar surface area (TPSA) is 64.0 Å². The van der Waals surface area contributed by atoms with Crippen molar-refractivity contribution in [3.63, 3.8) is 0 Å². The van der Waals surface area contributed by atoms with Crippen LogP contribution in [0.4, 0.5) is 5.69 Å². The van der Waals surface area contributed by atoms with Gasteiger partial charge in [-0.2, -0.15) is 5.10 Å². The molecular formula is C16H16ClN3O2. The number of aromatic nitrogens is 2. The van der Waals surface area contributed by atoms with Crippen LogP contribution in [0.3, 0.4) is 0 Å². The number of nitrogens with zero attached hydrogens (tertiary/aromatic N) is 2. The minimum Gasteiger partial charge on any atom is -0.324 e. The van der Waals surface area contributed by atoms with Crippen LogP contribution in [0, 0.1) is 0 Å². The maximum Gasteiger partial charge on any atom is 0.267 e. The van der Waals surface area contributed by atoms with E-state index in [4.69, 9.17) is 11.6 Å². The Bertz CT molecular complexity index is 770. The third-order valence-corrected chi connectivity index (χ3v) is 3.91. The predicted octanol–water partition coefficient (Wildman–Crippen LogP) is 2.41. The second kappa shape index (κ2) is 6.32. The molecule has 1 aliphatic rings. The Balaban J connectivity index is 1.75. The van der Waals surface area contributed by atoms with E-state index < -0.39 is 0 Å². The molecule has 1 N–H and O–H groups in total. The van der Waals surface area contributed by atoms with E-state index >= 15 is 0 Å². The van der Waals surface area contributed by atoms with E-state index in [1.165, 1.54) is 4.68 Å². The number of hydrogen-bond acceptors (Lipinski definition) is 3. The quantitative estimate of drug-likeness (QED) is 0.945. The van der Waals surface area contributed by atoms with Gasteiger partial charge in [0.25, 0.3) is 5.56 Å². The average molecular weight is 318 g/mol. The fourth-order valence-electron chi connectivity index (χ4n) is 2.62. The Morgan fingerprint density at radius 2 is 2.09 bits per heavy atom. The number of rotatable bonds is 3. The first kappa shape index (κ1) is 14.8. The molecule has 1 aromatic carbocycles. The summed E-state index contributed by atoms with van der Waals surface area (Å²) in [5.74, 6) is -0.298. The van der Waals surface area contributed by atoms with Crippen LogP contribution in [0.1, 0.15) is 24.1 Å². The van der Waals surface area contributed by atoms with Crippen LogP contribution >= 0.6 is 11.6 Å². The van der Waals surface area contributed by atoms with Gasteiger partial charge in [-0.1, -0.05) is 17.7 Å². The van der Waals surface area contributed by atoms with E-state index in [0.29, 0.717) is 10.7 Å². The molecule has 114 valence electrons. The third-order valence-electron chi connectivity index (χ3n) is 3.68. The van der Waals surface area contributed by atoms with E-state index in [9.17, 15) is 9.59 Å². The van der Waals surface area contributed by atoms with Gasteiger partial charge in [-0.15, -0.1) is 0 Å². The normalized spacial score (nSPS) is 13.5. The Hall–Kier alpha value is -2.14. The van der Waals surface area contributed by atoms with Gasteiger partial charge in [-0.25, -0.2) is 4.68 Å². The summed E-state index contributed by atoms with van der Waals surface area (Å²) in [5, 5.41) is 7.59. The van der Waals surface area contributed by atoms with Crippen LogP contribution in [0.25, 0.3) is 0 Å². The van der Waals surface area contributed by atoms with Gasteiger partial charge < -0.3 is 5.32 Å². The molecule has 22 heavy (non-hydrogen) atoms. The van der Waals surface area contributed by atoms with Crippen molar-refractivity contribution in [2.45, 2.75) is 32.2 Å². The number of hydrogen-bond donors (Lipinski definition) is 1. The van der Waals surface area contributed by atoms with Crippen LogP contribution in [0.15, 0.2) is 35.1 Å². The van der Waals surface area contributed by atoms with E-state index in [1.54, 1.807) is 30.3 Å². The molecular weight excluding hydrogens is 302 g/mol. The first-order valence-corrected chi connectivity index (χ1v) is 7.65. The first-order valence-electron chi connectivity index (χ1n) is 7.27. The third kappa shape index (κ3) is 3.36. The first-order chi connectivity index (χ1) is 10.6. The van der Waals surface area contributed by atoms with Crippen molar-refractivity contribution >= 4 is 23.2 Å². The maximum absolute atomic E-state index is 12.1. The van der Waals surface area contributed by atoms with Gasteiger partial charge in [0.1, 0.15) is 6.54 Å². The van der Waals surface area contributed by atoms with Crippen molar-refractivity contribution in [2.24, 2.45) is 0 Å². The fourth-order valence-corrected chi connectivity index (χ4v) is 2.81. The molecule has 1 aliphatic carbocycles. The van der Waals surface area contributed by atoms with Crippen molar-refractivity contribution < 1.29 is 4.79 Å². The van der Waals surface area contributed by atoms with E-state index in [2.05, 4.69) is 10.4 Å². The Morgan fingerprint density at radius 3 is 2.91 bits per heavy atom. The van der Waals surface area contributed by atoms with Crippen molar-refractivity contribution in [2.75, 3.05) is 5.32 Å². The molecule has 0 aliphatic heterocycles. The Kier molecular flexibility index (Phi) is 4.24. The summed E-state index contributed by atoms with van der Waals surface area (Å²) in [5.41, 5.74) is 2.31. The highest BCUT2D eigenvalue weighted by Crippen LogP contribution is 2.17. The van der Waals surface area contributed by atoms with Crippen LogP contribution < -0.4 is 10.9 Å². The lowest BCUT2D eigenvalue weighted by atomic mass is 9.97. The number of benzene rings is 1. The van der Waals surface area contributed by atoms with Gasteiger partial charge in [0.2, 0.25) is 5.91 Å². The molecule has 0 bridgehead atoms. The van der Waals surface area contributed by atoms with Crippen molar-refractivity contribution in [3.05, 3.63) is 57.0 Å². The predicted molar refractivity (Wildman–Crippen MR) is 85.2 cm³/mol. The molecule has 0 fully saturated rings. The van der Waals surface area contributed by atoms with E-state index in [1.807, 2.05) is 0 Å². The molecule has 0 spiro atoms. The summed E-state index contributed by atoms with van der Waals surface area (Å²) in [6.45, 7) is -0.0986. The summed E-state index contributed by atoms with van der Waals surface area (Å²) < 4.78 is 1.23. The Morgan fingerprint density at radius 1 is 1.27 bits per heavy atom. The lowest BCUT2D eigenvalue weighted by Crippen LogP contribution is -2.31. The molecule has 0 radical (unpaired) electrons. The molecule has 0 saturated carbocycles. The van der Waals surface area contributed by atoms with Crippen molar-refractivity contribution in [1.29, 1.82) is 0 Å². The molecule has 1 amide bonds. The number of fused-ring (bicyclic) bond motifs is 1. The standard InChI is InChI=1S/C16H16ClN3O2/c17-12-5-3-6-13(9-12)18-15(21)10-20-16(22)8-11-4-1-2-7-14(11)19-20/h3,5-6,8-9H,1-2,4,7,10H2,(H,18,21). The maximum atomic E-state index is 12.1. The minimum absolute atomic E-state index is 0.0986. The molecule has 1 heterocycles. The van der Waals surface area contributed by atoms with Crippen LogP contribution in [-0.4, -0.2) is 15.7 Å². The molecule has 0 unspecified atom stereocenters. The number of carbonyl (C=O) groups is 1. The van der Waals surface area contributed by atoms with Gasteiger partial charge in [0, 0.05) is 16.8 Å². The highest BCUT2D eigenvalue weighted by Gasteiger charge is 2.14. The zero-order valence-corrected chi connectivity index (χ0v) is 12.8. The molecule has 2 aromatic rings. The van der Waals surface area contributed by atoms with E-state index in [-0.39, 0.29) is 18.0 Å². The van der Waals surface area contributed by atoms with Crippen LogP contribution in [-0.2, 0) is 24.2 Å². The summed E-state index contributed by atoms with van der Waals surface area (Å²) in [6, 6.07) is 8.48. The molecule has 1 aromatic heterocycles. The number of anilines is 1. The van der Waals surface area contributed by atoms with Crippen molar-refractivity contribution in [1.82, 2.24) is 9.78 Å². The largest absolute Gasteiger partial charge is 0.324 e. The lowest BCUT2D eigenvalue weighted by Gasteiger charge is -2.15. The number of nitrogens with one attached hydrogen (secondary N) is 1. The molecule has 0 atom stereocenters. The second-order valence-electron chi connectivity index (χ2n) is 5.38. The summed E-state index contributed by atoms with van der Waals surface area (Å²) in [4.78, 5) is 24.1. The van der Waals surface area contributed by atoms with Gasteiger partial charge in [-0.3, -0.25) is 9.59 Å². The van der Waals surface area contributed by atoms with Crippen LogP contribution in [0.2, 0.25) is 5.02 Å². The number of carbonyl (C=O) groups excluding carboxylic acids is 1. The molecule has 6 heteroatoms. The summed E-state index contributed by atoms with van der Waals surface area (Å²) in [6.07, 6.45) is 3.93. The van der Waals surface area contributed by atoms with Crippen molar-refractivity contribution in [3.8, 4) is 0 Å². The average Bonchev–Trinajstić information content (AvgIpc) is 2.48. The smallest absolute Gasteiger partial charge is 0.267 e. The SMILES string of the molecule is O=C(Cn1nc2c(cc1=O)CCCC2)Nc1cccc(Cl)c1.